The van der Waals surface area contributed by atoms with Crippen LogP contribution in [0.25, 0.3) is 0 Å². The van der Waals surface area contributed by atoms with Gasteiger partial charge in [-0.1, -0.05) is 0 Å². The minimum Gasteiger partial charge on any atom is -0.481 e. The Morgan fingerprint density at radius 2 is 2.10 bits per heavy atom. The second-order valence-electron chi connectivity index (χ2n) is 6.36. The first-order chi connectivity index (χ1) is 9.99. The van der Waals surface area contributed by atoms with Crippen molar-refractivity contribution < 1.29 is 19.5 Å². The molecule has 21 heavy (non-hydrogen) atoms. The van der Waals surface area contributed by atoms with Gasteiger partial charge >= 0.3 is 12.0 Å². The number of piperazine rings is 1. The second kappa shape index (κ2) is 5.20. The van der Waals surface area contributed by atoms with Gasteiger partial charge in [-0.3, -0.25) is 9.59 Å². The van der Waals surface area contributed by atoms with Crippen LogP contribution in [0.1, 0.15) is 38.5 Å². The van der Waals surface area contributed by atoms with Gasteiger partial charge in [0.2, 0.25) is 5.91 Å². The number of carboxylic acids is 1. The van der Waals surface area contributed by atoms with Crippen LogP contribution in [0, 0.1) is 0 Å². The van der Waals surface area contributed by atoms with E-state index in [0.717, 1.165) is 25.7 Å². The van der Waals surface area contributed by atoms with E-state index in [-0.39, 0.29) is 24.4 Å². The van der Waals surface area contributed by atoms with Gasteiger partial charge in [-0.05, 0) is 25.7 Å². The Balaban J connectivity index is 1.58. The maximum absolute atomic E-state index is 12.4. The van der Waals surface area contributed by atoms with Crippen LogP contribution >= 0.6 is 0 Å². The molecule has 0 aromatic carbocycles. The lowest BCUT2D eigenvalue weighted by Crippen LogP contribution is -2.61. The molecule has 2 saturated heterocycles. The molecule has 2 aliphatic heterocycles. The van der Waals surface area contributed by atoms with Crippen molar-refractivity contribution in [3.05, 3.63) is 0 Å². The minimum absolute atomic E-state index is 0.0133. The smallest absolute Gasteiger partial charge is 0.317 e. The van der Waals surface area contributed by atoms with E-state index in [4.69, 9.17) is 5.11 Å². The van der Waals surface area contributed by atoms with Gasteiger partial charge in [0.05, 0.1) is 12.0 Å². The lowest BCUT2D eigenvalue weighted by molar-refractivity contribution is -0.139. The summed E-state index contributed by atoms with van der Waals surface area (Å²) in [4.78, 5) is 38.5. The Labute approximate surface area is 123 Å². The number of carbonyl (C=O) groups is 3. The van der Waals surface area contributed by atoms with E-state index >= 15 is 0 Å². The summed E-state index contributed by atoms with van der Waals surface area (Å²) in [5.41, 5.74) is -0.564. The molecule has 0 radical (unpaired) electrons. The van der Waals surface area contributed by atoms with Crippen LogP contribution in [0.15, 0.2) is 0 Å². The van der Waals surface area contributed by atoms with Gasteiger partial charge in [0, 0.05) is 32.1 Å². The highest BCUT2D eigenvalue weighted by Gasteiger charge is 2.43. The Morgan fingerprint density at radius 3 is 2.71 bits per heavy atom. The first kappa shape index (κ1) is 14.2. The predicted octanol–water partition coefficient (Wildman–Crippen LogP) is 0.400. The molecule has 7 heteroatoms. The van der Waals surface area contributed by atoms with E-state index in [1.807, 2.05) is 4.90 Å². The number of fused-ring (bicyclic) bond motifs is 1. The number of rotatable bonds is 3. The fourth-order valence-electron chi connectivity index (χ4n) is 3.59. The third-order valence-electron chi connectivity index (χ3n) is 4.95. The van der Waals surface area contributed by atoms with E-state index in [1.54, 1.807) is 4.90 Å². The van der Waals surface area contributed by atoms with Gasteiger partial charge in [-0.25, -0.2) is 4.79 Å². The van der Waals surface area contributed by atoms with Crippen molar-refractivity contribution in [2.75, 3.05) is 19.6 Å². The summed E-state index contributed by atoms with van der Waals surface area (Å²) in [7, 11) is 0. The van der Waals surface area contributed by atoms with E-state index < -0.39 is 11.5 Å². The van der Waals surface area contributed by atoms with Crippen LogP contribution in [-0.4, -0.2) is 64.0 Å². The highest BCUT2D eigenvalue weighted by Crippen LogP contribution is 2.35. The van der Waals surface area contributed by atoms with Gasteiger partial charge in [0.25, 0.3) is 0 Å². The quantitative estimate of drug-likeness (QED) is 0.788. The number of carboxylic acid groups (broad SMARTS) is 1. The summed E-state index contributed by atoms with van der Waals surface area (Å²) in [5, 5.41) is 11.9. The number of urea groups is 1. The fourth-order valence-corrected chi connectivity index (χ4v) is 3.59. The second-order valence-corrected chi connectivity index (χ2v) is 6.36. The number of amides is 3. The molecule has 116 valence electrons. The molecule has 1 atom stereocenters. The van der Waals surface area contributed by atoms with Crippen molar-refractivity contribution in [1.82, 2.24) is 15.1 Å². The molecule has 1 unspecified atom stereocenters. The van der Waals surface area contributed by atoms with Gasteiger partial charge in [-0.15, -0.1) is 0 Å². The van der Waals surface area contributed by atoms with Gasteiger partial charge in [0.15, 0.2) is 0 Å². The summed E-state index contributed by atoms with van der Waals surface area (Å²) in [6.45, 7) is 1.67. The van der Waals surface area contributed by atoms with Crippen molar-refractivity contribution >= 4 is 17.9 Å². The third-order valence-corrected chi connectivity index (χ3v) is 4.95. The van der Waals surface area contributed by atoms with Gasteiger partial charge < -0.3 is 20.2 Å². The molecule has 1 saturated carbocycles. The SMILES string of the molecule is O=C(O)CC1(NC(=O)N2CCN3C(=O)CCC3C2)CCC1. The van der Waals surface area contributed by atoms with Crippen molar-refractivity contribution in [3.63, 3.8) is 0 Å². The average Bonchev–Trinajstić information content (AvgIpc) is 2.77. The molecule has 0 aromatic heterocycles. The normalized spacial score (nSPS) is 27.0. The minimum atomic E-state index is -0.874. The van der Waals surface area contributed by atoms with Crippen LogP contribution in [0.3, 0.4) is 0 Å². The zero-order valence-corrected chi connectivity index (χ0v) is 12.0. The summed E-state index contributed by atoms with van der Waals surface area (Å²) in [6, 6.07) is -0.0521. The lowest BCUT2D eigenvalue weighted by Gasteiger charge is -2.44. The first-order valence-electron chi connectivity index (χ1n) is 7.57. The molecule has 1 aliphatic carbocycles. The van der Waals surface area contributed by atoms with Crippen LogP contribution in [0.5, 0.6) is 0 Å². The zero-order chi connectivity index (χ0) is 15.0. The van der Waals surface area contributed by atoms with E-state index in [0.29, 0.717) is 26.1 Å². The Hall–Kier alpha value is -1.79. The highest BCUT2D eigenvalue weighted by atomic mass is 16.4. The number of hydrogen-bond acceptors (Lipinski definition) is 3. The molecule has 0 aromatic rings. The maximum Gasteiger partial charge on any atom is 0.317 e. The van der Waals surface area contributed by atoms with Crippen molar-refractivity contribution in [2.45, 2.75) is 50.1 Å². The van der Waals surface area contributed by atoms with E-state index in [9.17, 15) is 14.4 Å². The number of nitrogens with one attached hydrogen (secondary N) is 1. The Bertz CT molecular complexity index is 475. The van der Waals surface area contributed by atoms with Gasteiger partial charge in [0.1, 0.15) is 0 Å². The third kappa shape index (κ3) is 2.69. The standard InChI is InChI=1S/C14H21N3O4/c18-11-3-2-10-9-16(6-7-17(10)11)13(21)15-14(4-1-5-14)8-12(19)20/h10H,1-9H2,(H,15,21)(H,19,20). The van der Waals surface area contributed by atoms with E-state index in [1.165, 1.54) is 0 Å². The van der Waals surface area contributed by atoms with Crippen molar-refractivity contribution in [1.29, 1.82) is 0 Å². The molecular weight excluding hydrogens is 274 g/mol. The van der Waals surface area contributed by atoms with Gasteiger partial charge in [-0.2, -0.15) is 0 Å². The molecule has 3 aliphatic rings. The Kier molecular flexibility index (Phi) is 3.51. The molecule has 0 spiro atoms. The molecule has 3 fully saturated rings. The molecule has 3 rings (SSSR count). The molecule has 2 heterocycles. The molecule has 7 nitrogen and oxygen atoms in total. The summed E-state index contributed by atoms with van der Waals surface area (Å²) >= 11 is 0. The predicted molar refractivity (Wildman–Crippen MR) is 73.7 cm³/mol. The molecule has 0 bridgehead atoms. The molecular formula is C14H21N3O4. The van der Waals surface area contributed by atoms with E-state index in [2.05, 4.69) is 5.32 Å². The summed E-state index contributed by atoms with van der Waals surface area (Å²) in [5.74, 6) is -0.692. The first-order valence-corrected chi connectivity index (χ1v) is 7.57. The highest BCUT2D eigenvalue weighted by molar-refractivity contribution is 5.80. The number of nitrogens with zero attached hydrogens (tertiary/aromatic N) is 2. The van der Waals surface area contributed by atoms with Crippen molar-refractivity contribution in [3.8, 4) is 0 Å². The summed E-state index contributed by atoms with van der Waals surface area (Å²) < 4.78 is 0. The molecule has 3 amide bonds. The fraction of sp³-hybridized carbons (Fsp3) is 0.786. The largest absolute Gasteiger partial charge is 0.481 e. The average molecular weight is 295 g/mol. The molecule has 2 N–H and O–H groups in total. The van der Waals surface area contributed by atoms with Crippen LogP contribution in [-0.2, 0) is 9.59 Å². The summed E-state index contributed by atoms with van der Waals surface area (Å²) in [6.07, 6.45) is 3.78. The number of carbonyl (C=O) groups excluding carboxylic acids is 2. The van der Waals surface area contributed by atoms with Crippen molar-refractivity contribution in [2.24, 2.45) is 0 Å². The zero-order valence-electron chi connectivity index (χ0n) is 12.0. The Morgan fingerprint density at radius 1 is 1.33 bits per heavy atom. The lowest BCUT2D eigenvalue weighted by atomic mass is 9.74. The van der Waals surface area contributed by atoms with Crippen LogP contribution in [0.2, 0.25) is 0 Å². The topological polar surface area (TPSA) is 89.9 Å². The maximum atomic E-state index is 12.4. The number of hydrogen-bond donors (Lipinski definition) is 2. The van der Waals surface area contributed by atoms with Crippen LogP contribution < -0.4 is 5.32 Å². The number of aliphatic carboxylic acids is 1. The monoisotopic (exact) mass is 295 g/mol. The van der Waals surface area contributed by atoms with Crippen LogP contribution in [0.4, 0.5) is 4.79 Å².